The fourth-order valence-corrected chi connectivity index (χ4v) is 4.10. The first-order valence-electron chi connectivity index (χ1n) is 11.7. The second kappa shape index (κ2) is 14.7. The van der Waals surface area contributed by atoms with Gasteiger partial charge in [0.2, 0.25) is 0 Å². The number of nitrogens with zero attached hydrogens (tertiary/aromatic N) is 2. The summed E-state index contributed by atoms with van der Waals surface area (Å²) in [5.41, 5.74) is 1.01. The summed E-state index contributed by atoms with van der Waals surface area (Å²) in [5, 5.41) is 21.9. The molecule has 1 fully saturated rings. The number of rotatable bonds is 11. The van der Waals surface area contributed by atoms with E-state index in [0.29, 0.717) is 19.4 Å². The largest absolute Gasteiger partial charge is 0.494 e. The highest BCUT2D eigenvalue weighted by atomic mass is 35.5. The summed E-state index contributed by atoms with van der Waals surface area (Å²) in [6, 6.07) is 14.5. The van der Waals surface area contributed by atoms with E-state index in [0.717, 1.165) is 62.5 Å². The maximum atomic E-state index is 13.0. The quantitative estimate of drug-likeness (QED) is 0.423. The van der Waals surface area contributed by atoms with Gasteiger partial charge in [-0.3, -0.25) is 0 Å². The van der Waals surface area contributed by atoms with Crippen LogP contribution in [0.2, 0.25) is 0 Å². The van der Waals surface area contributed by atoms with E-state index in [1.807, 2.05) is 48.3 Å². The Balaban J connectivity index is 0.00000289. The van der Waals surface area contributed by atoms with Crippen molar-refractivity contribution >= 4 is 30.5 Å². The number of likely N-dealkylation sites (N-methyl/N-ethyl adjacent to an activating group) is 1. The van der Waals surface area contributed by atoms with Crippen molar-refractivity contribution in [2.75, 3.05) is 44.7 Å². The zero-order valence-corrected chi connectivity index (χ0v) is 21.8. The van der Waals surface area contributed by atoms with Gasteiger partial charge in [0.15, 0.2) is 0 Å². The summed E-state index contributed by atoms with van der Waals surface area (Å²) in [6.07, 6.45) is 3.24. The van der Waals surface area contributed by atoms with Gasteiger partial charge in [0.1, 0.15) is 17.7 Å². The van der Waals surface area contributed by atoms with Crippen LogP contribution >= 0.6 is 24.8 Å². The minimum absolute atomic E-state index is 0. The molecule has 1 heterocycles. The van der Waals surface area contributed by atoms with Crippen LogP contribution in [0.5, 0.6) is 5.75 Å². The van der Waals surface area contributed by atoms with Gasteiger partial charge in [0, 0.05) is 38.9 Å². The second-order valence-corrected chi connectivity index (χ2v) is 8.91. The average molecular weight is 518 g/mol. The molecule has 1 atom stereocenters. The third-order valence-corrected chi connectivity index (χ3v) is 6.46. The van der Waals surface area contributed by atoms with Gasteiger partial charge < -0.3 is 24.7 Å². The first-order valence-corrected chi connectivity index (χ1v) is 11.7. The van der Waals surface area contributed by atoms with Crippen molar-refractivity contribution in [3.8, 4) is 5.75 Å². The van der Waals surface area contributed by atoms with Crippen LogP contribution in [-0.2, 0) is 6.42 Å². The molecule has 1 aliphatic rings. The Morgan fingerprint density at radius 1 is 1.06 bits per heavy atom. The molecule has 0 spiro atoms. The Hall–Kier alpha value is -1.57. The van der Waals surface area contributed by atoms with Gasteiger partial charge in [-0.05, 0) is 67.6 Å². The molecule has 1 saturated heterocycles. The number of unbranched alkanes of at least 4 members (excludes halogenated alkanes) is 1. The van der Waals surface area contributed by atoms with E-state index < -0.39 is 11.7 Å². The molecule has 2 aromatic carbocycles. The van der Waals surface area contributed by atoms with Crippen LogP contribution in [0.4, 0.5) is 10.1 Å². The van der Waals surface area contributed by atoms with Crippen LogP contribution < -0.4 is 9.64 Å². The van der Waals surface area contributed by atoms with Crippen molar-refractivity contribution in [2.45, 2.75) is 50.7 Å². The molecule has 0 aliphatic carbocycles. The predicted octanol–water partition coefficient (Wildman–Crippen LogP) is 4.71. The summed E-state index contributed by atoms with van der Waals surface area (Å²) in [7, 11) is 1.93. The predicted molar refractivity (Wildman–Crippen MR) is 141 cm³/mol. The van der Waals surface area contributed by atoms with Crippen molar-refractivity contribution in [3.05, 3.63) is 59.9 Å². The summed E-state index contributed by atoms with van der Waals surface area (Å²) in [6.45, 7) is 5.56. The number of piperidine rings is 1. The number of aliphatic hydroxyl groups excluding tert-OH is 1. The number of likely N-dealkylation sites (tertiary alicyclic amines) is 1. The van der Waals surface area contributed by atoms with E-state index in [2.05, 4.69) is 11.8 Å². The van der Waals surface area contributed by atoms with Crippen molar-refractivity contribution in [1.82, 2.24) is 4.90 Å². The van der Waals surface area contributed by atoms with Crippen LogP contribution in [0.1, 0.15) is 38.2 Å². The zero-order chi connectivity index (χ0) is 23.0. The summed E-state index contributed by atoms with van der Waals surface area (Å²) < 4.78 is 18.8. The Kier molecular flexibility index (Phi) is 13.2. The highest BCUT2D eigenvalue weighted by molar-refractivity contribution is 5.85. The molecule has 192 valence electrons. The van der Waals surface area contributed by atoms with Crippen molar-refractivity contribution in [3.63, 3.8) is 0 Å². The number of halogens is 3. The highest BCUT2D eigenvalue weighted by Crippen LogP contribution is 2.28. The van der Waals surface area contributed by atoms with Gasteiger partial charge >= 0.3 is 0 Å². The lowest BCUT2D eigenvalue weighted by Gasteiger charge is -2.42. The lowest BCUT2D eigenvalue weighted by Crippen LogP contribution is -2.54. The maximum Gasteiger partial charge on any atom is 0.123 e. The van der Waals surface area contributed by atoms with Crippen LogP contribution in [0.25, 0.3) is 0 Å². The Morgan fingerprint density at radius 3 is 2.26 bits per heavy atom. The first kappa shape index (κ1) is 30.5. The van der Waals surface area contributed by atoms with E-state index in [-0.39, 0.29) is 30.6 Å². The number of ether oxygens (including phenoxy) is 1. The van der Waals surface area contributed by atoms with Gasteiger partial charge in [-0.15, -0.1) is 24.8 Å². The number of anilines is 1. The third kappa shape index (κ3) is 8.90. The van der Waals surface area contributed by atoms with E-state index in [1.165, 1.54) is 12.1 Å². The van der Waals surface area contributed by atoms with Crippen LogP contribution in [0.3, 0.4) is 0 Å². The van der Waals surface area contributed by atoms with Crippen LogP contribution in [0.15, 0.2) is 48.5 Å². The highest BCUT2D eigenvalue weighted by Gasteiger charge is 2.39. The Bertz CT molecular complexity index is 816. The molecule has 0 radical (unpaired) electrons. The van der Waals surface area contributed by atoms with E-state index in [1.54, 1.807) is 0 Å². The van der Waals surface area contributed by atoms with Crippen LogP contribution in [0, 0.1) is 5.82 Å². The Labute approximate surface area is 215 Å². The molecule has 8 heteroatoms. The summed E-state index contributed by atoms with van der Waals surface area (Å²) in [5.74, 6) is 0.634. The molecule has 1 aliphatic heterocycles. The molecule has 34 heavy (non-hydrogen) atoms. The smallest absolute Gasteiger partial charge is 0.123 e. The third-order valence-electron chi connectivity index (χ3n) is 6.46. The molecule has 2 N–H and O–H groups in total. The fraction of sp³-hybridized carbons (Fsp3) is 0.538. The molecular weight excluding hydrogens is 478 g/mol. The van der Waals surface area contributed by atoms with Crippen molar-refractivity contribution < 1.29 is 19.3 Å². The lowest BCUT2D eigenvalue weighted by molar-refractivity contribution is -0.104. The first-order chi connectivity index (χ1) is 15.4. The number of aliphatic hydroxyl groups is 2. The van der Waals surface area contributed by atoms with Crippen molar-refractivity contribution in [2.24, 2.45) is 0 Å². The molecule has 0 saturated carbocycles. The minimum Gasteiger partial charge on any atom is -0.494 e. The molecule has 1 unspecified atom stereocenters. The zero-order valence-electron chi connectivity index (χ0n) is 20.2. The van der Waals surface area contributed by atoms with Gasteiger partial charge in [-0.25, -0.2) is 4.39 Å². The molecule has 2 aromatic rings. The standard InChI is InChI=1S/C26H37FN2O3.2ClH/c1-3-4-19-32-24-11-9-23(10-12-24)28(2)20-25(30)26(31)14-17-29(18-15-26)16-13-21-5-7-22(27)8-6-21;;/h5-12,25,30-31H,3-4,13-20H2,1-2H3;2*1H. The molecule has 5 nitrogen and oxygen atoms in total. The van der Waals surface area contributed by atoms with Crippen LogP contribution in [-0.4, -0.2) is 66.7 Å². The number of hydrogen-bond donors (Lipinski definition) is 2. The number of hydrogen-bond acceptors (Lipinski definition) is 5. The molecule has 3 rings (SSSR count). The number of benzene rings is 2. The fourth-order valence-electron chi connectivity index (χ4n) is 4.10. The lowest BCUT2D eigenvalue weighted by atomic mass is 9.85. The van der Waals surface area contributed by atoms with Gasteiger partial charge in [-0.2, -0.15) is 0 Å². The summed E-state index contributed by atoms with van der Waals surface area (Å²) in [4.78, 5) is 4.27. The maximum absolute atomic E-state index is 13.0. The SMILES string of the molecule is CCCCOc1ccc(N(C)CC(O)C2(O)CCN(CCc3ccc(F)cc3)CC2)cc1.Cl.Cl. The molecule has 0 aromatic heterocycles. The Morgan fingerprint density at radius 2 is 1.68 bits per heavy atom. The minimum atomic E-state index is -1.08. The normalized spacial score (nSPS) is 16.1. The van der Waals surface area contributed by atoms with E-state index >= 15 is 0 Å². The molecule has 0 bridgehead atoms. The van der Waals surface area contributed by atoms with E-state index in [9.17, 15) is 14.6 Å². The summed E-state index contributed by atoms with van der Waals surface area (Å²) >= 11 is 0. The molecular formula is C26H39Cl2FN2O3. The topological polar surface area (TPSA) is 56.2 Å². The van der Waals surface area contributed by atoms with Crippen molar-refractivity contribution in [1.29, 1.82) is 0 Å². The van der Waals surface area contributed by atoms with Gasteiger partial charge in [0.05, 0.1) is 12.2 Å². The second-order valence-electron chi connectivity index (χ2n) is 8.91. The van der Waals surface area contributed by atoms with Gasteiger partial charge in [-0.1, -0.05) is 25.5 Å². The monoisotopic (exact) mass is 516 g/mol. The molecule has 0 amide bonds. The van der Waals surface area contributed by atoms with Gasteiger partial charge in [0.25, 0.3) is 0 Å². The van der Waals surface area contributed by atoms with E-state index in [4.69, 9.17) is 4.74 Å². The average Bonchev–Trinajstić information content (AvgIpc) is 2.80.